The molecule has 0 saturated carbocycles. The number of halogens is 1. The Bertz CT molecular complexity index is 525. The van der Waals surface area contributed by atoms with Crippen molar-refractivity contribution in [3.63, 3.8) is 0 Å². The number of anilines is 1. The van der Waals surface area contributed by atoms with Gasteiger partial charge in [0, 0.05) is 23.7 Å². The number of unbranched alkanes of at least 4 members (excludes halogenated alkanes) is 2. The van der Waals surface area contributed by atoms with Crippen LogP contribution in [0.2, 0.25) is 5.02 Å². The number of carbonyl (C=O) groups is 3. The van der Waals surface area contributed by atoms with E-state index in [-0.39, 0.29) is 12.8 Å². The van der Waals surface area contributed by atoms with Crippen molar-refractivity contribution >= 4 is 35.7 Å². The summed E-state index contributed by atoms with van der Waals surface area (Å²) in [5, 5.41) is 0.522. The number of carbonyl (C=O) groups excluding carboxylic acids is 3. The summed E-state index contributed by atoms with van der Waals surface area (Å²) in [5.41, 5.74) is 7.84. The molecule has 120 valence electrons. The van der Waals surface area contributed by atoms with Gasteiger partial charge in [-0.2, -0.15) is 5.48 Å². The molecule has 0 aliphatic carbocycles. The van der Waals surface area contributed by atoms with Gasteiger partial charge in [-0.05, 0) is 31.0 Å². The minimum Gasteiger partial charge on any atom is -0.351 e. The van der Waals surface area contributed by atoms with Gasteiger partial charge < -0.3 is 10.6 Å². The fraction of sp³-hybridized carbons (Fsp3) is 0.357. The summed E-state index contributed by atoms with van der Waals surface area (Å²) in [5.74, 6) is -0.506. The number of hydrogen-bond donors (Lipinski definition) is 2. The van der Waals surface area contributed by atoms with Gasteiger partial charge in [0.1, 0.15) is 0 Å². The van der Waals surface area contributed by atoms with Crippen LogP contribution in [0.15, 0.2) is 24.3 Å². The van der Waals surface area contributed by atoms with Crippen molar-refractivity contribution in [2.75, 3.05) is 11.4 Å². The third-order valence-corrected chi connectivity index (χ3v) is 3.10. The SMILES string of the molecule is NC(=O)N(CCCCCC(=O)ONC=O)c1cccc(Cl)c1. The van der Waals surface area contributed by atoms with Gasteiger partial charge in [-0.25, -0.2) is 9.59 Å². The molecule has 8 heteroatoms. The number of amides is 3. The van der Waals surface area contributed by atoms with E-state index >= 15 is 0 Å². The first-order valence-electron chi connectivity index (χ1n) is 6.76. The molecular weight excluding hydrogens is 310 g/mol. The Morgan fingerprint density at radius 1 is 1.32 bits per heavy atom. The van der Waals surface area contributed by atoms with E-state index in [1.165, 1.54) is 4.90 Å². The van der Waals surface area contributed by atoms with Crippen LogP contribution < -0.4 is 16.1 Å². The lowest BCUT2D eigenvalue weighted by atomic mass is 10.2. The number of benzene rings is 1. The third-order valence-electron chi connectivity index (χ3n) is 2.87. The molecule has 0 aromatic heterocycles. The molecule has 1 aromatic carbocycles. The number of hydroxylamine groups is 1. The highest BCUT2D eigenvalue weighted by Crippen LogP contribution is 2.20. The molecule has 0 fully saturated rings. The molecule has 3 N–H and O–H groups in total. The van der Waals surface area contributed by atoms with Crippen molar-refractivity contribution in [3.8, 4) is 0 Å². The maximum absolute atomic E-state index is 11.5. The molecule has 0 unspecified atom stereocenters. The number of nitrogens with zero attached hydrogens (tertiary/aromatic N) is 1. The van der Waals surface area contributed by atoms with Crippen molar-refractivity contribution < 1.29 is 19.2 Å². The average molecular weight is 328 g/mol. The fourth-order valence-corrected chi connectivity index (χ4v) is 2.05. The van der Waals surface area contributed by atoms with Crippen molar-refractivity contribution in [2.45, 2.75) is 25.7 Å². The summed E-state index contributed by atoms with van der Waals surface area (Å²) in [4.78, 5) is 38.4. The van der Waals surface area contributed by atoms with Gasteiger partial charge in [0.25, 0.3) is 0 Å². The molecule has 0 heterocycles. The van der Waals surface area contributed by atoms with Crippen LogP contribution in [0.4, 0.5) is 10.5 Å². The summed E-state index contributed by atoms with van der Waals surface area (Å²) in [6, 6.07) is 6.30. The fourth-order valence-electron chi connectivity index (χ4n) is 1.87. The average Bonchev–Trinajstić information content (AvgIpc) is 2.48. The number of rotatable bonds is 9. The largest absolute Gasteiger partial charge is 0.351 e. The molecule has 1 aromatic rings. The predicted octanol–water partition coefficient (Wildman–Crippen LogP) is 1.99. The first-order chi connectivity index (χ1) is 10.5. The standard InChI is InChI=1S/C14H18ClN3O4/c15-11-5-4-6-12(9-11)18(14(16)21)8-3-1-2-7-13(20)22-17-10-19/h4-6,9-10H,1-3,7-8H2,(H2,16,21)(H,17,19). The molecule has 1 rings (SSSR count). The number of nitrogens with one attached hydrogen (secondary N) is 1. The van der Waals surface area contributed by atoms with Gasteiger partial charge in [-0.15, -0.1) is 0 Å². The summed E-state index contributed by atoms with van der Waals surface area (Å²) in [6.07, 6.45) is 2.44. The van der Waals surface area contributed by atoms with Crippen LogP contribution in [0.3, 0.4) is 0 Å². The van der Waals surface area contributed by atoms with E-state index in [1.54, 1.807) is 24.3 Å². The Labute approximate surface area is 133 Å². The van der Waals surface area contributed by atoms with Crippen molar-refractivity contribution in [1.29, 1.82) is 0 Å². The van der Waals surface area contributed by atoms with E-state index in [0.29, 0.717) is 36.5 Å². The van der Waals surface area contributed by atoms with E-state index in [1.807, 2.05) is 5.48 Å². The molecule has 0 atom stereocenters. The second kappa shape index (κ2) is 9.62. The second-order valence-electron chi connectivity index (χ2n) is 4.49. The van der Waals surface area contributed by atoms with Crippen LogP contribution >= 0.6 is 11.6 Å². The number of nitrogens with two attached hydrogens (primary N) is 1. The molecule has 0 aliphatic rings. The Morgan fingerprint density at radius 2 is 2.09 bits per heavy atom. The van der Waals surface area contributed by atoms with Crippen molar-refractivity contribution in [1.82, 2.24) is 5.48 Å². The molecule has 0 aliphatic heterocycles. The highest BCUT2D eigenvalue weighted by molar-refractivity contribution is 6.30. The molecule has 3 amide bonds. The zero-order chi connectivity index (χ0) is 16.4. The van der Waals surface area contributed by atoms with Crippen LogP contribution in [0.1, 0.15) is 25.7 Å². The molecular formula is C14H18ClN3O4. The summed E-state index contributed by atoms with van der Waals surface area (Å²) >= 11 is 5.89. The number of primary amides is 1. The molecule has 0 bridgehead atoms. The van der Waals surface area contributed by atoms with Crippen molar-refractivity contribution in [3.05, 3.63) is 29.3 Å². The normalized spacial score (nSPS) is 9.86. The molecule has 0 spiro atoms. The lowest BCUT2D eigenvalue weighted by Gasteiger charge is -2.20. The van der Waals surface area contributed by atoms with Crippen LogP contribution in [0, 0.1) is 0 Å². The van der Waals surface area contributed by atoms with E-state index in [2.05, 4.69) is 4.84 Å². The van der Waals surface area contributed by atoms with Gasteiger partial charge >= 0.3 is 12.0 Å². The van der Waals surface area contributed by atoms with E-state index in [9.17, 15) is 14.4 Å². The Balaban J connectivity index is 2.35. The zero-order valence-corrected chi connectivity index (χ0v) is 12.7. The van der Waals surface area contributed by atoms with Crippen LogP contribution in [-0.2, 0) is 14.4 Å². The monoisotopic (exact) mass is 327 g/mol. The van der Waals surface area contributed by atoms with Crippen LogP contribution in [0.5, 0.6) is 0 Å². The Morgan fingerprint density at radius 3 is 2.73 bits per heavy atom. The topological polar surface area (TPSA) is 102 Å². The van der Waals surface area contributed by atoms with Gasteiger partial charge in [0.05, 0.1) is 0 Å². The zero-order valence-electron chi connectivity index (χ0n) is 12.0. The minimum absolute atomic E-state index is 0.189. The first-order valence-corrected chi connectivity index (χ1v) is 7.13. The van der Waals surface area contributed by atoms with Gasteiger partial charge in [-0.3, -0.25) is 9.69 Å². The Kier molecular flexibility index (Phi) is 7.77. The first kappa shape index (κ1) is 17.8. The maximum atomic E-state index is 11.5. The number of urea groups is 1. The van der Waals surface area contributed by atoms with Gasteiger partial charge in [0.15, 0.2) is 0 Å². The van der Waals surface area contributed by atoms with Crippen LogP contribution in [0.25, 0.3) is 0 Å². The summed E-state index contributed by atoms with van der Waals surface area (Å²) in [6.45, 7) is 0.428. The van der Waals surface area contributed by atoms with Crippen molar-refractivity contribution in [2.24, 2.45) is 5.73 Å². The summed E-state index contributed by atoms with van der Waals surface area (Å²) < 4.78 is 0. The van der Waals surface area contributed by atoms with E-state index < -0.39 is 12.0 Å². The second-order valence-corrected chi connectivity index (χ2v) is 4.93. The lowest BCUT2D eigenvalue weighted by Crippen LogP contribution is -2.36. The van der Waals surface area contributed by atoms with E-state index in [0.717, 1.165) is 0 Å². The highest BCUT2D eigenvalue weighted by atomic mass is 35.5. The molecule has 0 radical (unpaired) electrons. The van der Waals surface area contributed by atoms with Crippen LogP contribution in [-0.4, -0.2) is 25.0 Å². The third kappa shape index (κ3) is 6.45. The highest BCUT2D eigenvalue weighted by Gasteiger charge is 2.12. The lowest BCUT2D eigenvalue weighted by molar-refractivity contribution is -0.154. The maximum Gasteiger partial charge on any atom is 0.332 e. The Hall–Kier alpha value is -2.28. The molecule has 7 nitrogen and oxygen atoms in total. The minimum atomic E-state index is -0.558. The number of hydrogen-bond acceptors (Lipinski definition) is 4. The van der Waals surface area contributed by atoms with E-state index in [4.69, 9.17) is 17.3 Å². The van der Waals surface area contributed by atoms with Gasteiger partial charge in [-0.1, -0.05) is 24.1 Å². The van der Waals surface area contributed by atoms with Gasteiger partial charge in [0.2, 0.25) is 6.41 Å². The quantitative estimate of drug-likeness (QED) is 0.411. The summed E-state index contributed by atoms with van der Waals surface area (Å²) in [7, 11) is 0. The smallest absolute Gasteiger partial charge is 0.332 e. The molecule has 22 heavy (non-hydrogen) atoms. The molecule has 0 saturated heterocycles. The predicted molar refractivity (Wildman–Crippen MR) is 82.1 cm³/mol.